The number of hydrogen-bond donors (Lipinski definition) is 0. The van der Waals surface area contributed by atoms with Crippen molar-refractivity contribution in [3.8, 4) is 0 Å². The number of rotatable bonds is 2. The van der Waals surface area contributed by atoms with Crippen molar-refractivity contribution in [3.05, 3.63) is 0 Å². The molecule has 0 radical (unpaired) electrons. The molecule has 1 heterocycles. The van der Waals surface area contributed by atoms with E-state index in [-0.39, 0.29) is 18.2 Å². The van der Waals surface area contributed by atoms with E-state index in [0.717, 1.165) is 12.8 Å². The summed E-state index contributed by atoms with van der Waals surface area (Å²) in [6.07, 6.45) is 5.41. The number of carbonyl (C=O) groups excluding carboxylic acids is 1. The summed E-state index contributed by atoms with van der Waals surface area (Å²) in [4.78, 5) is 11.3. The molecule has 12 heavy (non-hydrogen) atoms. The molecule has 0 bridgehead atoms. The highest BCUT2D eigenvalue weighted by molar-refractivity contribution is 5.72. The second kappa shape index (κ2) is 3.44. The maximum absolute atomic E-state index is 11.3. The van der Waals surface area contributed by atoms with Gasteiger partial charge in [-0.2, -0.15) is 0 Å². The molecular formula is C9H14O3. The van der Waals surface area contributed by atoms with E-state index in [1.807, 2.05) is 0 Å². The minimum Gasteiger partial charge on any atom is -0.433 e. The van der Waals surface area contributed by atoms with Crippen molar-refractivity contribution >= 4 is 5.97 Å². The van der Waals surface area contributed by atoms with E-state index >= 15 is 0 Å². The topological polar surface area (TPSA) is 38.8 Å². The summed E-state index contributed by atoms with van der Waals surface area (Å²) in [6.45, 7) is 0.596. The van der Waals surface area contributed by atoms with Gasteiger partial charge in [-0.3, -0.25) is 4.79 Å². The van der Waals surface area contributed by atoms with Crippen molar-refractivity contribution in [1.82, 2.24) is 0 Å². The first-order chi connectivity index (χ1) is 5.86. The highest BCUT2D eigenvalue weighted by Gasteiger charge is 2.31. The molecular weight excluding hydrogens is 156 g/mol. The fourth-order valence-electron chi connectivity index (χ4n) is 1.67. The number of hydrogen-bond acceptors (Lipinski definition) is 3. The largest absolute Gasteiger partial charge is 0.433 e. The second-order valence-corrected chi connectivity index (χ2v) is 3.53. The molecule has 0 amide bonds. The molecule has 2 rings (SSSR count). The summed E-state index contributed by atoms with van der Waals surface area (Å²) < 4.78 is 9.87. The Morgan fingerprint density at radius 2 is 1.92 bits per heavy atom. The summed E-state index contributed by atoms with van der Waals surface area (Å²) in [6, 6.07) is 0. The Labute approximate surface area is 72.0 Å². The van der Waals surface area contributed by atoms with E-state index in [4.69, 9.17) is 9.47 Å². The molecule has 1 atom stereocenters. The molecule has 1 aliphatic heterocycles. The van der Waals surface area contributed by atoms with Gasteiger partial charge in [0.2, 0.25) is 6.29 Å². The Kier molecular flexibility index (Phi) is 2.30. The highest BCUT2D eigenvalue weighted by Crippen LogP contribution is 2.26. The lowest BCUT2D eigenvalue weighted by molar-refractivity contribution is -0.154. The maximum atomic E-state index is 11.3. The highest BCUT2D eigenvalue weighted by atomic mass is 16.8. The lowest BCUT2D eigenvalue weighted by Crippen LogP contribution is -2.21. The first-order valence-electron chi connectivity index (χ1n) is 4.68. The minimum atomic E-state index is -0.209. The van der Waals surface area contributed by atoms with Crippen LogP contribution in [0, 0.1) is 5.92 Å². The molecule has 1 unspecified atom stereocenters. The quantitative estimate of drug-likeness (QED) is 0.465. The monoisotopic (exact) mass is 170 g/mol. The predicted octanol–water partition coefficient (Wildman–Crippen LogP) is 1.47. The van der Waals surface area contributed by atoms with Crippen LogP contribution < -0.4 is 0 Å². The van der Waals surface area contributed by atoms with Gasteiger partial charge in [-0.05, 0) is 12.8 Å². The fraction of sp³-hybridized carbons (Fsp3) is 0.889. The first kappa shape index (κ1) is 8.05. The van der Waals surface area contributed by atoms with E-state index in [2.05, 4.69) is 0 Å². The summed E-state index contributed by atoms with van der Waals surface area (Å²) in [5.74, 6) is 0.111. The lowest BCUT2D eigenvalue weighted by atomic mass is 9.89. The first-order valence-corrected chi connectivity index (χ1v) is 4.68. The molecule has 2 fully saturated rings. The van der Waals surface area contributed by atoms with Gasteiger partial charge in [0.25, 0.3) is 0 Å². The Bertz CT molecular complexity index is 169. The van der Waals surface area contributed by atoms with Gasteiger partial charge >= 0.3 is 5.97 Å². The van der Waals surface area contributed by atoms with Gasteiger partial charge in [0.15, 0.2) is 0 Å². The number of carbonyl (C=O) groups is 1. The Morgan fingerprint density at radius 1 is 1.25 bits per heavy atom. The van der Waals surface area contributed by atoms with Crippen LogP contribution in [0.1, 0.15) is 32.1 Å². The number of epoxide rings is 1. The van der Waals surface area contributed by atoms with Gasteiger partial charge in [0.1, 0.15) is 6.61 Å². The average Bonchev–Trinajstić information content (AvgIpc) is 2.90. The predicted molar refractivity (Wildman–Crippen MR) is 42.4 cm³/mol. The van der Waals surface area contributed by atoms with Gasteiger partial charge in [-0.25, -0.2) is 0 Å². The molecule has 0 aromatic heterocycles. The van der Waals surface area contributed by atoms with Crippen LogP contribution in [0.3, 0.4) is 0 Å². The van der Waals surface area contributed by atoms with Crippen LogP contribution in [0.5, 0.6) is 0 Å². The summed E-state index contributed by atoms with van der Waals surface area (Å²) in [5, 5.41) is 0. The zero-order chi connectivity index (χ0) is 8.39. The molecule has 3 nitrogen and oxygen atoms in total. The van der Waals surface area contributed by atoms with Crippen molar-refractivity contribution < 1.29 is 14.3 Å². The third-order valence-corrected chi connectivity index (χ3v) is 2.49. The van der Waals surface area contributed by atoms with Crippen LogP contribution in [0.25, 0.3) is 0 Å². The van der Waals surface area contributed by atoms with Crippen LogP contribution >= 0.6 is 0 Å². The standard InChI is InChI=1S/C9H14O3/c10-9(12-8-6-11-8)7-4-2-1-3-5-7/h7-8H,1-6H2. The lowest BCUT2D eigenvalue weighted by Gasteiger charge is -2.19. The minimum absolute atomic E-state index is 0.0443. The van der Waals surface area contributed by atoms with Gasteiger partial charge < -0.3 is 9.47 Å². The molecule has 1 aliphatic carbocycles. The fourth-order valence-corrected chi connectivity index (χ4v) is 1.67. The van der Waals surface area contributed by atoms with E-state index in [9.17, 15) is 4.79 Å². The second-order valence-electron chi connectivity index (χ2n) is 3.53. The smallest absolute Gasteiger partial charge is 0.311 e. The zero-order valence-corrected chi connectivity index (χ0v) is 7.12. The van der Waals surface area contributed by atoms with Crippen molar-refractivity contribution in [2.45, 2.75) is 38.4 Å². The van der Waals surface area contributed by atoms with Crippen LogP contribution in [-0.4, -0.2) is 18.9 Å². The average molecular weight is 170 g/mol. The summed E-state index contributed by atoms with van der Waals surface area (Å²) in [5.41, 5.74) is 0. The SMILES string of the molecule is O=C(OC1CO1)C1CCCCC1. The van der Waals surface area contributed by atoms with Crippen molar-refractivity contribution in [2.75, 3.05) is 6.61 Å². The van der Waals surface area contributed by atoms with Crippen molar-refractivity contribution in [1.29, 1.82) is 0 Å². The zero-order valence-electron chi connectivity index (χ0n) is 7.12. The van der Waals surface area contributed by atoms with E-state index in [1.165, 1.54) is 19.3 Å². The van der Waals surface area contributed by atoms with Gasteiger partial charge in [-0.1, -0.05) is 19.3 Å². The third kappa shape index (κ3) is 1.97. The Hall–Kier alpha value is -0.570. The molecule has 3 heteroatoms. The Morgan fingerprint density at radius 3 is 2.50 bits per heavy atom. The molecule has 0 aromatic rings. The number of ether oxygens (including phenoxy) is 2. The van der Waals surface area contributed by atoms with Gasteiger partial charge in [-0.15, -0.1) is 0 Å². The van der Waals surface area contributed by atoms with Gasteiger partial charge in [0.05, 0.1) is 5.92 Å². The van der Waals surface area contributed by atoms with Gasteiger partial charge in [0, 0.05) is 0 Å². The molecule has 0 aromatic carbocycles. The van der Waals surface area contributed by atoms with E-state index in [1.54, 1.807) is 0 Å². The molecule has 68 valence electrons. The summed E-state index contributed by atoms with van der Waals surface area (Å²) >= 11 is 0. The van der Waals surface area contributed by atoms with E-state index in [0.29, 0.717) is 6.61 Å². The van der Waals surface area contributed by atoms with Crippen molar-refractivity contribution in [2.24, 2.45) is 5.92 Å². The molecule has 0 N–H and O–H groups in total. The molecule has 0 spiro atoms. The molecule has 1 saturated heterocycles. The van der Waals surface area contributed by atoms with Crippen LogP contribution in [0.4, 0.5) is 0 Å². The molecule has 1 saturated carbocycles. The van der Waals surface area contributed by atoms with Crippen molar-refractivity contribution in [3.63, 3.8) is 0 Å². The third-order valence-electron chi connectivity index (χ3n) is 2.49. The normalized spacial score (nSPS) is 29.8. The number of esters is 1. The van der Waals surface area contributed by atoms with E-state index < -0.39 is 0 Å². The summed E-state index contributed by atoms with van der Waals surface area (Å²) in [7, 11) is 0. The Balaban J connectivity index is 1.76. The molecule has 2 aliphatic rings. The van der Waals surface area contributed by atoms with Crippen LogP contribution in [0.15, 0.2) is 0 Å². The van der Waals surface area contributed by atoms with Crippen LogP contribution in [0.2, 0.25) is 0 Å². The van der Waals surface area contributed by atoms with Crippen LogP contribution in [-0.2, 0) is 14.3 Å². The maximum Gasteiger partial charge on any atom is 0.311 e.